The Morgan fingerprint density at radius 2 is 2.03 bits per heavy atom. The first-order valence-electron chi connectivity index (χ1n) is 11.2. The number of amides is 1. The Balaban J connectivity index is 1.51. The quantitative estimate of drug-likeness (QED) is 0.407. The molecule has 2 aliphatic rings. The van der Waals surface area contributed by atoms with E-state index in [9.17, 15) is 9.59 Å². The van der Waals surface area contributed by atoms with E-state index in [0.717, 1.165) is 25.0 Å². The number of fused-ring (bicyclic) bond motifs is 1. The number of anilines is 1. The van der Waals surface area contributed by atoms with Crippen LogP contribution in [0.1, 0.15) is 36.9 Å². The molecule has 2 aliphatic heterocycles. The van der Waals surface area contributed by atoms with Gasteiger partial charge in [-0.05, 0) is 43.5 Å². The minimum atomic E-state index is -0.248. The van der Waals surface area contributed by atoms with Crippen molar-refractivity contribution in [2.24, 2.45) is 0 Å². The Bertz CT molecular complexity index is 1330. The SMILES string of the molecule is C[C@H](c1ccccc1)N1C(=O)/C(=C\c2c(NC[C@H]3CCCO3)nc3ccccn3c2=O)SC1=S. The van der Waals surface area contributed by atoms with Crippen molar-refractivity contribution < 1.29 is 9.53 Å². The molecular formula is C25H24N4O3S2. The summed E-state index contributed by atoms with van der Waals surface area (Å²) in [5.41, 5.74) is 1.60. The van der Waals surface area contributed by atoms with Gasteiger partial charge < -0.3 is 10.1 Å². The van der Waals surface area contributed by atoms with Crippen molar-refractivity contribution in [3.05, 3.63) is 81.1 Å². The zero-order valence-electron chi connectivity index (χ0n) is 18.6. The normalized spacial score (nSPS) is 20.4. The Morgan fingerprint density at radius 1 is 1.24 bits per heavy atom. The van der Waals surface area contributed by atoms with Gasteiger partial charge in [0.25, 0.3) is 11.5 Å². The second-order valence-electron chi connectivity index (χ2n) is 8.26. The molecule has 0 radical (unpaired) electrons. The maximum Gasteiger partial charge on any atom is 0.267 e. The standard InChI is InChI=1S/C25H24N4O3S2/c1-16(17-8-3-2-4-9-17)29-24(31)20(34-25(29)33)14-19-22(26-15-18-10-7-13-32-18)27-21-11-5-6-12-28(21)23(19)30/h2-6,8-9,11-12,14,16,18,26H,7,10,13,15H2,1H3/b20-14+/t16-,18-/m1/s1. The fraction of sp³-hybridized carbons (Fsp3) is 0.280. The summed E-state index contributed by atoms with van der Waals surface area (Å²) in [7, 11) is 0. The number of hydrogen-bond donors (Lipinski definition) is 1. The molecule has 2 aromatic heterocycles. The van der Waals surface area contributed by atoms with Crippen molar-refractivity contribution in [2.45, 2.75) is 31.9 Å². The molecule has 2 fully saturated rings. The van der Waals surface area contributed by atoms with Gasteiger partial charge in [-0.15, -0.1) is 0 Å². The molecule has 34 heavy (non-hydrogen) atoms. The van der Waals surface area contributed by atoms with Crippen LogP contribution < -0.4 is 10.9 Å². The number of aromatic nitrogens is 2. The summed E-state index contributed by atoms with van der Waals surface area (Å²) in [6.07, 6.45) is 5.35. The predicted octanol–water partition coefficient (Wildman–Crippen LogP) is 4.25. The molecule has 0 saturated carbocycles. The van der Waals surface area contributed by atoms with Gasteiger partial charge in [0.1, 0.15) is 15.8 Å². The van der Waals surface area contributed by atoms with E-state index in [0.29, 0.717) is 32.8 Å². The molecule has 0 unspecified atom stereocenters. The van der Waals surface area contributed by atoms with Crippen LogP contribution in [0.15, 0.2) is 64.4 Å². The molecule has 1 amide bonds. The van der Waals surface area contributed by atoms with Crippen LogP contribution in [0.25, 0.3) is 11.7 Å². The first-order valence-corrected chi connectivity index (χ1v) is 12.4. The van der Waals surface area contributed by atoms with E-state index in [-0.39, 0.29) is 23.6 Å². The minimum Gasteiger partial charge on any atom is -0.376 e. The first-order chi connectivity index (χ1) is 16.5. The van der Waals surface area contributed by atoms with E-state index in [1.54, 1.807) is 29.3 Å². The zero-order valence-corrected chi connectivity index (χ0v) is 20.3. The maximum absolute atomic E-state index is 13.4. The zero-order chi connectivity index (χ0) is 23.7. The van der Waals surface area contributed by atoms with E-state index in [4.69, 9.17) is 17.0 Å². The Labute approximate surface area is 206 Å². The molecule has 5 rings (SSSR count). The highest BCUT2D eigenvalue weighted by Crippen LogP contribution is 2.38. The number of benzene rings is 1. The molecule has 2 atom stereocenters. The monoisotopic (exact) mass is 492 g/mol. The summed E-state index contributed by atoms with van der Waals surface area (Å²) in [6.45, 7) is 3.24. The van der Waals surface area contributed by atoms with Crippen molar-refractivity contribution in [1.29, 1.82) is 0 Å². The van der Waals surface area contributed by atoms with Crippen LogP contribution in [0.2, 0.25) is 0 Å². The summed E-state index contributed by atoms with van der Waals surface area (Å²) in [5, 5.41) is 3.29. The van der Waals surface area contributed by atoms with Crippen molar-refractivity contribution in [2.75, 3.05) is 18.5 Å². The third-order valence-electron chi connectivity index (χ3n) is 6.06. The van der Waals surface area contributed by atoms with E-state index in [1.165, 1.54) is 16.2 Å². The third kappa shape index (κ3) is 4.38. The predicted molar refractivity (Wildman–Crippen MR) is 139 cm³/mol. The van der Waals surface area contributed by atoms with E-state index >= 15 is 0 Å². The Morgan fingerprint density at radius 3 is 2.79 bits per heavy atom. The van der Waals surface area contributed by atoms with Gasteiger partial charge in [0.05, 0.1) is 22.6 Å². The lowest BCUT2D eigenvalue weighted by atomic mass is 10.1. The van der Waals surface area contributed by atoms with E-state index in [2.05, 4.69) is 10.3 Å². The molecule has 3 aromatic rings. The van der Waals surface area contributed by atoms with Crippen LogP contribution in [0.5, 0.6) is 0 Å². The van der Waals surface area contributed by atoms with Crippen LogP contribution in [-0.4, -0.2) is 43.8 Å². The van der Waals surface area contributed by atoms with Crippen LogP contribution in [0.3, 0.4) is 0 Å². The summed E-state index contributed by atoms with van der Waals surface area (Å²) in [6, 6.07) is 14.9. The average molecular weight is 493 g/mol. The summed E-state index contributed by atoms with van der Waals surface area (Å²) in [5.74, 6) is 0.224. The summed E-state index contributed by atoms with van der Waals surface area (Å²) < 4.78 is 7.66. The van der Waals surface area contributed by atoms with Gasteiger partial charge in [-0.1, -0.05) is 60.4 Å². The lowest BCUT2D eigenvalue weighted by molar-refractivity contribution is -0.123. The fourth-order valence-corrected chi connectivity index (χ4v) is 5.61. The number of nitrogens with one attached hydrogen (secondary N) is 1. The van der Waals surface area contributed by atoms with Gasteiger partial charge in [-0.3, -0.25) is 18.9 Å². The first kappa shape index (κ1) is 22.8. The third-order valence-corrected chi connectivity index (χ3v) is 7.39. The molecular weight excluding hydrogens is 468 g/mol. The number of pyridine rings is 1. The highest BCUT2D eigenvalue weighted by Gasteiger charge is 2.36. The molecule has 0 aliphatic carbocycles. The molecule has 174 valence electrons. The maximum atomic E-state index is 13.4. The van der Waals surface area contributed by atoms with Crippen LogP contribution >= 0.6 is 24.0 Å². The van der Waals surface area contributed by atoms with Crippen molar-refractivity contribution in [3.8, 4) is 0 Å². The molecule has 4 heterocycles. The minimum absolute atomic E-state index is 0.0776. The molecule has 7 nitrogen and oxygen atoms in total. The van der Waals surface area contributed by atoms with Gasteiger partial charge in [-0.2, -0.15) is 0 Å². The lowest BCUT2D eigenvalue weighted by Gasteiger charge is -2.23. The second kappa shape index (κ2) is 9.69. The van der Waals surface area contributed by atoms with Crippen molar-refractivity contribution in [3.63, 3.8) is 0 Å². The molecule has 9 heteroatoms. The topological polar surface area (TPSA) is 75.9 Å². The summed E-state index contributed by atoms with van der Waals surface area (Å²) in [4.78, 5) is 33.4. The molecule has 2 saturated heterocycles. The number of hydrogen-bond acceptors (Lipinski definition) is 7. The largest absolute Gasteiger partial charge is 0.376 e. The van der Waals surface area contributed by atoms with Crippen molar-refractivity contribution in [1.82, 2.24) is 14.3 Å². The molecule has 0 bridgehead atoms. The smallest absolute Gasteiger partial charge is 0.267 e. The number of nitrogens with zero attached hydrogens (tertiary/aromatic N) is 3. The van der Waals surface area contributed by atoms with E-state index < -0.39 is 0 Å². The van der Waals surface area contributed by atoms with Gasteiger partial charge in [0, 0.05) is 19.3 Å². The van der Waals surface area contributed by atoms with Gasteiger partial charge >= 0.3 is 0 Å². The van der Waals surface area contributed by atoms with Gasteiger partial charge in [0.15, 0.2) is 0 Å². The molecule has 1 aromatic carbocycles. The lowest BCUT2D eigenvalue weighted by Crippen LogP contribution is -2.31. The average Bonchev–Trinajstić information content (AvgIpc) is 3.47. The number of thioether (sulfide) groups is 1. The van der Waals surface area contributed by atoms with Crippen LogP contribution in [0.4, 0.5) is 5.82 Å². The van der Waals surface area contributed by atoms with Crippen LogP contribution in [-0.2, 0) is 9.53 Å². The summed E-state index contributed by atoms with van der Waals surface area (Å²) >= 11 is 6.76. The number of carbonyl (C=O) groups excluding carboxylic acids is 1. The second-order valence-corrected chi connectivity index (χ2v) is 9.94. The number of ether oxygens (including phenoxy) is 1. The Hall–Kier alpha value is -3.01. The molecule has 1 N–H and O–H groups in total. The highest BCUT2D eigenvalue weighted by molar-refractivity contribution is 8.26. The highest BCUT2D eigenvalue weighted by atomic mass is 32.2. The number of carbonyl (C=O) groups is 1. The fourth-order valence-electron chi connectivity index (χ4n) is 4.21. The Kier molecular flexibility index (Phi) is 6.49. The number of thiocarbonyl (C=S) groups is 1. The number of rotatable bonds is 6. The van der Waals surface area contributed by atoms with Crippen molar-refractivity contribution >= 4 is 51.7 Å². The van der Waals surface area contributed by atoms with E-state index in [1.807, 2.05) is 43.3 Å². The van der Waals surface area contributed by atoms with Crippen LogP contribution in [0, 0.1) is 0 Å². The van der Waals surface area contributed by atoms with Gasteiger partial charge in [-0.25, -0.2) is 4.98 Å². The van der Waals surface area contributed by atoms with Gasteiger partial charge in [0.2, 0.25) is 0 Å². The molecule has 0 spiro atoms.